The van der Waals surface area contributed by atoms with E-state index in [1.54, 1.807) is 0 Å². The zero-order valence-electron chi connectivity index (χ0n) is 13.8. The average molecular weight is 361 g/mol. The number of aromatic nitrogens is 2. The Bertz CT molecular complexity index is 615. The number of carbonyl (C=O) groups is 1. The summed E-state index contributed by atoms with van der Waals surface area (Å²) in [7, 11) is 1.89. The molecule has 23 heavy (non-hydrogen) atoms. The molecule has 0 saturated carbocycles. The minimum Gasteiger partial charge on any atom is -0.346 e. The van der Waals surface area contributed by atoms with Crippen LogP contribution in [-0.2, 0) is 11.3 Å². The van der Waals surface area contributed by atoms with Crippen LogP contribution in [0.25, 0.3) is 11.0 Å². The lowest BCUT2D eigenvalue weighted by atomic mass is 10.2. The number of benzene rings is 1. The molecule has 0 bridgehead atoms. The molecule has 1 unspecified atom stereocenters. The van der Waals surface area contributed by atoms with Gasteiger partial charge in [-0.2, -0.15) is 0 Å². The average Bonchev–Trinajstić information content (AvgIpc) is 2.86. The predicted octanol–water partition coefficient (Wildman–Crippen LogP) is 3.08. The first-order valence-electron chi connectivity index (χ1n) is 7.56. The molecule has 2 rings (SSSR count). The number of hydrogen-bond acceptors (Lipinski definition) is 3. The number of fused-ring (bicyclic) bond motifs is 1. The quantitative estimate of drug-likeness (QED) is 0.745. The SMILES string of the molecule is CCn1c(C(C)NC(=O)CCCNC)nc2ccccc21.Cl.Cl. The van der Waals surface area contributed by atoms with Crippen LogP contribution in [0.1, 0.15) is 38.6 Å². The van der Waals surface area contributed by atoms with Crippen molar-refractivity contribution in [3.63, 3.8) is 0 Å². The second-order valence-corrected chi connectivity index (χ2v) is 5.20. The molecule has 1 amide bonds. The number of hydrogen-bond donors (Lipinski definition) is 2. The van der Waals surface area contributed by atoms with Crippen molar-refractivity contribution < 1.29 is 4.79 Å². The molecule has 0 aliphatic carbocycles. The molecule has 2 aromatic rings. The molecule has 5 nitrogen and oxygen atoms in total. The summed E-state index contributed by atoms with van der Waals surface area (Å²) in [5.41, 5.74) is 2.09. The second-order valence-electron chi connectivity index (χ2n) is 5.20. The van der Waals surface area contributed by atoms with E-state index >= 15 is 0 Å². The number of nitrogens with zero attached hydrogens (tertiary/aromatic N) is 2. The number of amides is 1. The summed E-state index contributed by atoms with van der Waals surface area (Å²) < 4.78 is 2.16. The van der Waals surface area contributed by atoms with Gasteiger partial charge < -0.3 is 15.2 Å². The van der Waals surface area contributed by atoms with Crippen molar-refractivity contribution in [1.82, 2.24) is 20.2 Å². The zero-order chi connectivity index (χ0) is 15.2. The van der Waals surface area contributed by atoms with Gasteiger partial charge in [0, 0.05) is 13.0 Å². The van der Waals surface area contributed by atoms with Crippen LogP contribution in [0.3, 0.4) is 0 Å². The Morgan fingerprint density at radius 3 is 2.65 bits per heavy atom. The minimum atomic E-state index is -0.0839. The maximum absolute atomic E-state index is 11.9. The van der Waals surface area contributed by atoms with Gasteiger partial charge in [-0.15, -0.1) is 24.8 Å². The molecule has 2 N–H and O–H groups in total. The van der Waals surface area contributed by atoms with Gasteiger partial charge in [0.15, 0.2) is 0 Å². The lowest BCUT2D eigenvalue weighted by Gasteiger charge is -2.15. The second kappa shape index (κ2) is 10.5. The van der Waals surface area contributed by atoms with Crippen LogP contribution in [0.2, 0.25) is 0 Å². The number of imidazole rings is 1. The molecule has 7 heteroatoms. The van der Waals surface area contributed by atoms with Crippen molar-refractivity contribution >= 4 is 41.8 Å². The standard InChI is InChI=1S/C16H24N4O.2ClH/c1-4-20-14-9-6-5-8-13(14)19-16(20)12(2)18-15(21)10-7-11-17-3;;/h5-6,8-9,12,17H,4,7,10-11H2,1-3H3,(H,18,21);2*1H. The highest BCUT2D eigenvalue weighted by Crippen LogP contribution is 2.20. The van der Waals surface area contributed by atoms with E-state index in [4.69, 9.17) is 0 Å². The van der Waals surface area contributed by atoms with Crippen molar-refractivity contribution in [3.8, 4) is 0 Å². The molecule has 0 aliphatic rings. The smallest absolute Gasteiger partial charge is 0.220 e. The van der Waals surface area contributed by atoms with E-state index in [-0.39, 0.29) is 36.8 Å². The van der Waals surface area contributed by atoms with Crippen LogP contribution >= 0.6 is 24.8 Å². The molecule has 0 spiro atoms. The number of nitrogens with one attached hydrogen (secondary N) is 2. The van der Waals surface area contributed by atoms with Gasteiger partial charge in [-0.3, -0.25) is 4.79 Å². The highest BCUT2D eigenvalue weighted by Gasteiger charge is 2.17. The molecule has 1 atom stereocenters. The summed E-state index contributed by atoms with van der Waals surface area (Å²) in [6.45, 7) is 5.79. The fourth-order valence-electron chi connectivity index (χ4n) is 2.56. The van der Waals surface area contributed by atoms with Crippen molar-refractivity contribution in [2.45, 2.75) is 39.3 Å². The van der Waals surface area contributed by atoms with Crippen molar-refractivity contribution in [1.29, 1.82) is 0 Å². The molecule has 1 aromatic carbocycles. The Hall–Kier alpha value is -1.30. The molecular formula is C16H26Cl2N4O. The zero-order valence-corrected chi connectivity index (χ0v) is 15.5. The van der Waals surface area contributed by atoms with Crippen LogP contribution in [-0.4, -0.2) is 29.1 Å². The number of aryl methyl sites for hydroxylation is 1. The van der Waals surface area contributed by atoms with Gasteiger partial charge in [-0.25, -0.2) is 4.98 Å². The molecule has 0 aliphatic heterocycles. The normalized spacial score (nSPS) is 11.4. The highest BCUT2D eigenvalue weighted by molar-refractivity contribution is 5.85. The van der Waals surface area contributed by atoms with E-state index in [0.717, 1.165) is 36.4 Å². The molecule has 1 heterocycles. The van der Waals surface area contributed by atoms with Gasteiger partial charge in [0.05, 0.1) is 17.1 Å². The summed E-state index contributed by atoms with van der Waals surface area (Å²) in [4.78, 5) is 16.6. The fraction of sp³-hybridized carbons (Fsp3) is 0.500. The summed E-state index contributed by atoms with van der Waals surface area (Å²) in [5.74, 6) is 0.994. The highest BCUT2D eigenvalue weighted by atomic mass is 35.5. The Kier molecular flexibility index (Phi) is 9.88. The van der Waals surface area contributed by atoms with E-state index in [1.165, 1.54) is 0 Å². The summed E-state index contributed by atoms with van der Waals surface area (Å²) in [6, 6.07) is 7.99. The lowest BCUT2D eigenvalue weighted by Crippen LogP contribution is -2.29. The molecule has 130 valence electrons. The van der Waals surface area contributed by atoms with Gasteiger partial charge in [-0.1, -0.05) is 12.1 Å². The number of carbonyl (C=O) groups excluding carboxylic acids is 1. The topological polar surface area (TPSA) is 59.0 Å². The Balaban J connectivity index is 0.00000242. The molecule has 1 aromatic heterocycles. The van der Waals surface area contributed by atoms with E-state index in [0.29, 0.717) is 6.42 Å². The van der Waals surface area contributed by atoms with Gasteiger partial charge >= 0.3 is 0 Å². The molecule has 0 saturated heterocycles. The molecule has 0 radical (unpaired) electrons. The monoisotopic (exact) mass is 360 g/mol. The van der Waals surface area contributed by atoms with E-state index < -0.39 is 0 Å². The minimum absolute atomic E-state index is 0. The summed E-state index contributed by atoms with van der Waals surface area (Å²) >= 11 is 0. The largest absolute Gasteiger partial charge is 0.346 e. The van der Waals surface area contributed by atoms with Crippen LogP contribution < -0.4 is 10.6 Å². The Morgan fingerprint density at radius 2 is 2.00 bits per heavy atom. The first-order valence-corrected chi connectivity index (χ1v) is 7.56. The summed E-state index contributed by atoms with van der Waals surface area (Å²) in [6.07, 6.45) is 1.39. The van der Waals surface area contributed by atoms with Crippen LogP contribution in [0.4, 0.5) is 0 Å². The van der Waals surface area contributed by atoms with E-state index in [1.807, 2.05) is 32.2 Å². The van der Waals surface area contributed by atoms with Crippen molar-refractivity contribution in [2.24, 2.45) is 0 Å². The maximum atomic E-state index is 11.9. The van der Waals surface area contributed by atoms with E-state index in [2.05, 4.69) is 33.2 Å². The number of rotatable bonds is 7. The van der Waals surface area contributed by atoms with Crippen LogP contribution in [0.15, 0.2) is 24.3 Å². The van der Waals surface area contributed by atoms with Crippen LogP contribution in [0.5, 0.6) is 0 Å². The van der Waals surface area contributed by atoms with Gasteiger partial charge in [0.1, 0.15) is 5.82 Å². The summed E-state index contributed by atoms with van der Waals surface area (Å²) in [5, 5.41) is 6.09. The maximum Gasteiger partial charge on any atom is 0.220 e. The van der Waals surface area contributed by atoms with Gasteiger partial charge in [0.2, 0.25) is 5.91 Å². The van der Waals surface area contributed by atoms with Gasteiger partial charge in [0.25, 0.3) is 0 Å². The van der Waals surface area contributed by atoms with Crippen LogP contribution in [0, 0.1) is 0 Å². The first kappa shape index (κ1) is 21.7. The Labute approximate surface area is 150 Å². The number of para-hydroxylation sites is 2. The third-order valence-electron chi connectivity index (χ3n) is 3.60. The third-order valence-corrected chi connectivity index (χ3v) is 3.60. The molecule has 0 fully saturated rings. The predicted molar refractivity (Wildman–Crippen MR) is 99.6 cm³/mol. The Morgan fingerprint density at radius 1 is 1.30 bits per heavy atom. The third kappa shape index (κ3) is 5.37. The number of halogens is 2. The molecular weight excluding hydrogens is 335 g/mol. The van der Waals surface area contributed by atoms with Gasteiger partial charge in [-0.05, 0) is 46.0 Å². The van der Waals surface area contributed by atoms with E-state index in [9.17, 15) is 4.79 Å². The van der Waals surface area contributed by atoms with Crippen molar-refractivity contribution in [2.75, 3.05) is 13.6 Å². The fourth-order valence-corrected chi connectivity index (χ4v) is 2.56. The lowest BCUT2D eigenvalue weighted by molar-refractivity contribution is -0.121. The van der Waals surface area contributed by atoms with Crippen molar-refractivity contribution in [3.05, 3.63) is 30.1 Å². The first-order chi connectivity index (χ1) is 10.2.